The van der Waals surface area contributed by atoms with Crippen molar-refractivity contribution in [2.45, 2.75) is 73.0 Å². The van der Waals surface area contributed by atoms with Crippen molar-refractivity contribution >= 4 is 11.6 Å². The molecule has 0 rings (SSSR count). The minimum atomic E-state index is -0.801. The summed E-state index contributed by atoms with van der Waals surface area (Å²) in [4.78, 5) is 22.6. The number of allylic oxidation sites excluding steroid dienone is 5. The molecule has 0 aromatic heterocycles. The third-order valence-corrected chi connectivity index (χ3v) is 4.61. The van der Waals surface area contributed by atoms with Gasteiger partial charge in [0, 0.05) is 24.8 Å². The van der Waals surface area contributed by atoms with Gasteiger partial charge < -0.3 is 15.3 Å². The molecule has 3 unspecified atom stereocenters. The number of rotatable bonds is 11. The van der Waals surface area contributed by atoms with Crippen molar-refractivity contribution in [1.29, 1.82) is 0 Å². The van der Waals surface area contributed by atoms with Gasteiger partial charge in [0.15, 0.2) is 5.78 Å². The fourth-order valence-electron chi connectivity index (χ4n) is 2.44. The lowest BCUT2D eigenvalue weighted by molar-refractivity contribution is -0.133. The highest BCUT2D eigenvalue weighted by molar-refractivity contribution is 6.42. The Labute approximate surface area is 162 Å². The van der Waals surface area contributed by atoms with Gasteiger partial charge >= 0.3 is 0 Å². The minimum Gasteiger partial charge on any atom is -0.512 e. The van der Waals surface area contributed by atoms with E-state index in [0.717, 1.165) is 18.1 Å². The number of aliphatic hydroxyl groups is 3. The molecule has 0 aromatic rings. The molecule has 0 aliphatic heterocycles. The fraction of sp³-hybridized carbons (Fsp3) is 0.545. The average Bonchev–Trinajstić information content (AvgIpc) is 2.63. The molecule has 0 aromatic carbocycles. The molecule has 0 amide bonds. The summed E-state index contributed by atoms with van der Waals surface area (Å²) in [5, 5.41) is 30.0. The van der Waals surface area contributed by atoms with E-state index in [0.29, 0.717) is 12.8 Å². The van der Waals surface area contributed by atoms with E-state index in [1.165, 1.54) is 6.92 Å². The molecule has 0 aliphatic rings. The summed E-state index contributed by atoms with van der Waals surface area (Å²) in [5.41, 5.74) is 1.97. The van der Waals surface area contributed by atoms with Gasteiger partial charge in [-0.1, -0.05) is 36.8 Å². The maximum Gasteiger partial charge on any atom is 0.227 e. The molecule has 3 N–H and O–H groups in total. The molecule has 27 heavy (non-hydrogen) atoms. The highest BCUT2D eigenvalue weighted by Crippen LogP contribution is 2.16. The van der Waals surface area contributed by atoms with Gasteiger partial charge in [-0.25, -0.2) is 0 Å². The lowest BCUT2D eigenvalue weighted by Crippen LogP contribution is -2.16. The Kier molecular flexibility index (Phi) is 11.5. The van der Waals surface area contributed by atoms with Crippen molar-refractivity contribution in [1.82, 2.24) is 0 Å². The zero-order valence-electron chi connectivity index (χ0n) is 17.3. The van der Waals surface area contributed by atoms with Gasteiger partial charge in [0.1, 0.15) is 5.76 Å². The number of carbonyl (C=O) groups excluding carboxylic acids is 2. The first-order valence-electron chi connectivity index (χ1n) is 9.28. The van der Waals surface area contributed by atoms with Crippen LogP contribution in [0.2, 0.25) is 0 Å². The van der Waals surface area contributed by atoms with Gasteiger partial charge in [-0.05, 0) is 46.1 Å². The van der Waals surface area contributed by atoms with Crippen LogP contribution in [0.1, 0.15) is 60.8 Å². The van der Waals surface area contributed by atoms with Crippen LogP contribution in [0.4, 0.5) is 0 Å². The van der Waals surface area contributed by atoms with Gasteiger partial charge in [0.05, 0.1) is 12.2 Å². The number of carbonyl (C=O) groups is 2. The number of Topliss-reactive ketones (excluding diaryl/α,β-unsaturated/α-hetero) is 2. The molecule has 5 nitrogen and oxygen atoms in total. The second kappa shape index (κ2) is 12.4. The van der Waals surface area contributed by atoms with Crippen LogP contribution >= 0.6 is 0 Å². The first-order valence-corrected chi connectivity index (χ1v) is 9.28. The van der Waals surface area contributed by atoms with Crippen LogP contribution in [-0.2, 0) is 9.59 Å². The first kappa shape index (κ1) is 25.0. The Hall–Kier alpha value is -1.98. The summed E-state index contributed by atoms with van der Waals surface area (Å²) >= 11 is 0. The van der Waals surface area contributed by atoms with Crippen LogP contribution in [0.3, 0.4) is 0 Å². The van der Waals surface area contributed by atoms with Crippen LogP contribution < -0.4 is 0 Å². The quantitative estimate of drug-likeness (QED) is 0.166. The summed E-state index contributed by atoms with van der Waals surface area (Å²) in [7, 11) is 0. The second-order valence-electron chi connectivity index (χ2n) is 7.09. The van der Waals surface area contributed by atoms with E-state index in [1.807, 2.05) is 52.0 Å². The van der Waals surface area contributed by atoms with Gasteiger partial charge in [0.25, 0.3) is 0 Å². The smallest absolute Gasteiger partial charge is 0.227 e. The van der Waals surface area contributed by atoms with E-state index >= 15 is 0 Å². The predicted molar refractivity (Wildman–Crippen MR) is 108 cm³/mol. The van der Waals surface area contributed by atoms with Crippen LogP contribution in [0.5, 0.6) is 0 Å². The molecule has 0 saturated carbocycles. The lowest BCUT2D eigenvalue weighted by Gasteiger charge is -2.15. The molecular formula is C22H34O5. The fourth-order valence-corrected chi connectivity index (χ4v) is 2.44. The summed E-state index contributed by atoms with van der Waals surface area (Å²) in [6.45, 7) is 10.2. The van der Waals surface area contributed by atoms with E-state index in [9.17, 15) is 24.9 Å². The summed E-state index contributed by atoms with van der Waals surface area (Å²) in [5.74, 6) is -1.61. The predicted octanol–water partition coefficient (Wildman–Crippen LogP) is 3.97. The number of ketones is 2. The molecule has 0 heterocycles. The number of hydrogen-bond donors (Lipinski definition) is 3. The Morgan fingerprint density at radius 2 is 1.67 bits per heavy atom. The molecule has 0 spiro atoms. The van der Waals surface area contributed by atoms with Gasteiger partial charge in [-0.3, -0.25) is 9.59 Å². The van der Waals surface area contributed by atoms with Crippen LogP contribution in [0, 0.1) is 5.92 Å². The van der Waals surface area contributed by atoms with Crippen LogP contribution in [0.15, 0.2) is 46.8 Å². The monoisotopic (exact) mass is 378 g/mol. The molecule has 0 saturated heterocycles. The van der Waals surface area contributed by atoms with E-state index in [-0.39, 0.29) is 23.7 Å². The molecule has 0 aliphatic carbocycles. The van der Waals surface area contributed by atoms with Crippen molar-refractivity contribution in [3.8, 4) is 0 Å². The summed E-state index contributed by atoms with van der Waals surface area (Å²) in [6.07, 6.45) is 7.35. The third-order valence-electron chi connectivity index (χ3n) is 4.61. The summed E-state index contributed by atoms with van der Waals surface area (Å²) in [6, 6.07) is 0. The van der Waals surface area contributed by atoms with E-state index in [2.05, 4.69) is 0 Å². The second-order valence-corrected chi connectivity index (χ2v) is 7.09. The Bertz CT molecular complexity index is 637. The van der Waals surface area contributed by atoms with Crippen molar-refractivity contribution in [2.75, 3.05) is 0 Å². The Morgan fingerprint density at radius 3 is 2.19 bits per heavy atom. The van der Waals surface area contributed by atoms with Crippen molar-refractivity contribution in [2.24, 2.45) is 5.92 Å². The van der Waals surface area contributed by atoms with Crippen molar-refractivity contribution in [3.05, 3.63) is 46.8 Å². The molecule has 5 heteroatoms. The zero-order chi connectivity index (χ0) is 21.1. The Balaban J connectivity index is 4.60. The van der Waals surface area contributed by atoms with Gasteiger partial charge in [-0.2, -0.15) is 0 Å². The maximum atomic E-state index is 11.5. The maximum absolute atomic E-state index is 11.5. The van der Waals surface area contributed by atoms with Crippen molar-refractivity contribution in [3.63, 3.8) is 0 Å². The van der Waals surface area contributed by atoms with E-state index in [1.54, 1.807) is 0 Å². The summed E-state index contributed by atoms with van der Waals surface area (Å²) < 4.78 is 0. The topological polar surface area (TPSA) is 94.8 Å². The molecule has 0 fully saturated rings. The lowest BCUT2D eigenvalue weighted by atomic mass is 9.97. The van der Waals surface area contributed by atoms with Crippen LogP contribution in [0.25, 0.3) is 0 Å². The van der Waals surface area contributed by atoms with Gasteiger partial charge in [-0.15, -0.1) is 0 Å². The highest BCUT2D eigenvalue weighted by atomic mass is 16.3. The minimum absolute atomic E-state index is 0.000266. The van der Waals surface area contributed by atoms with Crippen LogP contribution in [-0.4, -0.2) is 39.1 Å². The molecular weight excluding hydrogens is 344 g/mol. The first-order chi connectivity index (χ1) is 12.5. The number of hydrogen-bond acceptors (Lipinski definition) is 5. The number of aliphatic hydroxyl groups excluding tert-OH is 3. The normalized spacial score (nSPS) is 17.5. The van der Waals surface area contributed by atoms with E-state index in [4.69, 9.17) is 0 Å². The standard InChI is InChI=1S/C22H34O5/c1-7-15(3)21(26)16(4)10-8-9-14(2)11-12-19(24)13-20(25)17(5)22(27)18(6)23/h7-10,16,19,21,24-26H,11-13H2,1-6H3/b10-8+,14-9+,15-7+,20-17-. The molecule has 0 radical (unpaired) electrons. The largest absolute Gasteiger partial charge is 0.512 e. The zero-order valence-corrected chi connectivity index (χ0v) is 17.3. The molecule has 0 bridgehead atoms. The Morgan fingerprint density at radius 1 is 1.07 bits per heavy atom. The molecule has 152 valence electrons. The highest BCUT2D eigenvalue weighted by Gasteiger charge is 2.17. The van der Waals surface area contributed by atoms with Gasteiger partial charge in [0.2, 0.25) is 5.78 Å². The molecule has 3 atom stereocenters. The SMILES string of the molecule is C/C=C(\C)C(O)C(C)/C=C/C=C(\C)CCC(O)C/C(O)=C(\C)C(=O)C(C)=O. The van der Waals surface area contributed by atoms with E-state index < -0.39 is 23.8 Å². The average molecular weight is 379 g/mol. The third kappa shape index (κ3) is 9.50. The van der Waals surface area contributed by atoms with Crippen molar-refractivity contribution < 1.29 is 24.9 Å².